The van der Waals surface area contributed by atoms with E-state index in [1.54, 1.807) is 0 Å². The summed E-state index contributed by atoms with van der Waals surface area (Å²) in [6.45, 7) is 0. The quantitative estimate of drug-likeness (QED) is 0.693. The molecular formula is C19H31N. The molecule has 1 heteroatoms. The van der Waals surface area contributed by atoms with Gasteiger partial charge in [0.05, 0.1) is 0 Å². The lowest BCUT2D eigenvalue weighted by Crippen LogP contribution is -2.28. The number of hydrogen-bond donors (Lipinski definition) is 1. The van der Waals surface area contributed by atoms with Crippen molar-refractivity contribution in [3.05, 3.63) is 35.9 Å². The van der Waals surface area contributed by atoms with Gasteiger partial charge in [0.25, 0.3) is 0 Å². The number of benzene rings is 1. The lowest BCUT2D eigenvalue weighted by atomic mass is 9.90. The van der Waals surface area contributed by atoms with E-state index >= 15 is 0 Å². The van der Waals surface area contributed by atoms with Gasteiger partial charge in [-0.25, -0.2) is 0 Å². The molecule has 2 rings (SSSR count). The lowest BCUT2D eigenvalue weighted by molar-refractivity contribution is 0.347. The topological polar surface area (TPSA) is 12.0 Å². The van der Waals surface area contributed by atoms with Gasteiger partial charge in [0.1, 0.15) is 0 Å². The third kappa shape index (κ3) is 5.66. The lowest BCUT2D eigenvalue weighted by Gasteiger charge is -2.22. The Balaban J connectivity index is 1.69. The molecule has 0 spiro atoms. The molecule has 1 N–H and O–H groups in total. The maximum atomic E-state index is 3.56. The molecule has 0 radical (unpaired) electrons. The van der Waals surface area contributed by atoms with E-state index in [4.69, 9.17) is 0 Å². The van der Waals surface area contributed by atoms with Gasteiger partial charge in [-0.15, -0.1) is 0 Å². The summed E-state index contributed by atoms with van der Waals surface area (Å²) in [6.07, 6.45) is 14.0. The fraction of sp³-hybridized carbons (Fsp3) is 0.684. The van der Waals surface area contributed by atoms with Gasteiger partial charge in [-0.3, -0.25) is 0 Å². The Labute approximate surface area is 125 Å². The third-order valence-corrected chi connectivity index (χ3v) is 4.86. The Morgan fingerprint density at radius 3 is 2.40 bits per heavy atom. The highest BCUT2D eigenvalue weighted by atomic mass is 14.9. The van der Waals surface area contributed by atoms with Crippen LogP contribution < -0.4 is 5.32 Å². The Morgan fingerprint density at radius 2 is 1.75 bits per heavy atom. The van der Waals surface area contributed by atoms with Crippen LogP contribution in [0.4, 0.5) is 0 Å². The average Bonchev–Trinajstić information content (AvgIpc) is 2.76. The minimum absolute atomic E-state index is 0.724. The molecule has 1 aliphatic carbocycles. The summed E-state index contributed by atoms with van der Waals surface area (Å²) in [5.74, 6) is 0.978. The summed E-state index contributed by atoms with van der Waals surface area (Å²) < 4.78 is 0. The van der Waals surface area contributed by atoms with Crippen molar-refractivity contribution in [1.82, 2.24) is 5.32 Å². The molecule has 0 aromatic heterocycles. The van der Waals surface area contributed by atoms with Crippen LogP contribution in [0.25, 0.3) is 0 Å². The van der Waals surface area contributed by atoms with E-state index in [1.807, 2.05) is 0 Å². The Kier molecular flexibility index (Phi) is 7.14. The molecule has 20 heavy (non-hydrogen) atoms. The Hall–Kier alpha value is -0.820. The standard InChI is InChI=1S/C19H31N/c1-20-19(16-18-12-5-2-3-6-13-18)15-9-14-17-10-7-4-8-11-17/h4,7-8,10-11,18-20H,2-3,5-6,9,12-16H2,1H3. The zero-order valence-electron chi connectivity index (χ0n) is 13.1. The molecule has 0 bridgehead atoms. The van der Waals surface area contributed by atoms with E-state index in [0.717, 1.165) is 12.0 Å². The highest BCUT2D eigenvalue weighted by Gasteiger charge is 2.16. The minimum atomic E-state index is 0.724. The van der Waals surface area contributed by atoms with Gasteiger partial charge in [-0.05, 0) is 44.2 Å². The maximum Gasteiger partial charge on any atom is 0.00668 e. The molecule has 1 aromatic rings. The van der Waals surface area contributed by atoms with E-state index < -0.39 is 0 Å². The summed E-state index contributed by atoms with van der Waals surface area (Å²) in [7, 11) is 2.14. The van der Waals surface area contributed by atoms with E-state index in [0.29, 0.717) is 0 Å². The maximum absolute atomic E-state index is 3.56. The van der Waals surface area contributed by atoms with Crippen LogP contribution in [0, 0.1) is 5.92 Å². The van der Waals surface area contributed by atoms with Crippen LogP contribution in [0.15, 0.2) is 30.3 Å². The fourth-order valence-corrected chi connectivity index (χ4v) is 3.58. The molecule has 1 atom stereocenters. The predicted molar refractivity (Wildman–Crippen MR) is 88.0 cm³/mol. The van der Waals surface area contributed by atoms with E-state index in [2.05, 4.69) is 42.7 Å². The molecule has 1 aliphatic rings. The third-order valence-electron chi connectivity index (χ3n) is 4.86. The second kappa shape index (κ2) is 9.18. The second-order valence-electron chi connectivity index (χ2n) is 6.46. The number of rotatable bonds is 7. The van der Waals surface area contributed by atoms with Crippen molar-refractivity contribution in [1.29, 1.82) is 0 Å². The first-order valence-corrected chi connectivity index (χ1v) is 8.59. The van der Waals surface area contributed by atoms with Crippen LogP contribution in [0.3, 0.4) is 0 Å². The van der Waals surface area contributed by atoms with Crippen LogP contribution in [0.5, 0.6) is 0 Å². The molecule has 1 nitrogen and oxygen atoms in total. The van der Waals surface area contributed by atoms with Crippen molar-refractivity contribution >= 4 is 0 Å². The molecule has 1 aromatic carbocycles. The van der Waals surface area contributed by atoms with Gasteiger partial charge in [0.15, 0.2) is 0 Å². The average molecular weight is 273 g/mol. The summed E-state index contributed by atoms with van der Waals surface area (Å²) >= 11 is 0. The van der Waals surface area contributed by atoms with E-state index in [9.17, 15) is 0 Å². The van der Waals surface area contributed by atoms with Crippen LogP contribution >= 0.6 is 0 Å². The van der Waals surface area contributed by atoms with Crippen LogP contribution in [0.1, 0.15) is 63.4 Å². The van der Waals surface area contributed by atoms with Crippen molar-refractivity contribution in [2.24, 2.45) is 5.92 Å². The van der Waals surface area contributed by atoms with E-state index in [-0.39, 0.29) is 0 Å². The molecule has 1 saturated carbocycles. The summed E-state index contributed by atoms with van der Waals surface area (Å²) in [4.78, 5) is 0. The first-order chi connectivity index (χ1) is 9.88. The Morgan fingerprint density at radius 1 is 1.05 bits per heavy atom. The zero-order chi connectivity index (χ0) is 14.0. The van der Waals surface area contributed by atoms with Gasteiger partial charge >= 0.3 is 0 Å². The molecule has 0 saturated heterocycles. The van der Waals surface area contributed by atoms with Crippen LogP contribution in [-0.2, 0) is 6.42 Å². The molecule has 0 amide bonds. The van der Waals surface area contributed by atoms with Gasteiger partial charge in [-0.2, -0.15) is 0 Å². The van der Waals surface area contributed by atoms with Crippen molar-refractivity contribution < 1.29 is 0 Å². The molecule has 0 heterocycles. The molecule has 112 valence electrons. The fourth-order valence-electron chi connectivity index (χ4n) is 3.58. The van der Waals surface area contributed by atoms with Gasteiger partial charge in [0.2, 0.25) is 0 Å². The normalized spacial score (nSPS) is 18.6. The van der Waals surface area contributed by atoms with Gasteiger partial charge in [-0.1, -0.05) is 68.9 Å². The first-order valence-electron chi connectivity index (χ1n) is 8.59. The monoisotopic (exact) mass is 273 g/mol. The van der Waals surface area contributed by atoms with Crippen LogP contribution in [-0.4, -0.2) is 13.1 Å². The predicted octanol–water partition coefficient (Wildman–Crippen LogP) is 4.96. The van der Waals surface area contributed by atoms with Crippen molar-refractivity contribution in [2.75, 3.05) is 7.05 Å². The first kappa shape index (κ1) is 15.6. The molecule has 1 unspecified atom stereocenters. The smallest absolute Gasteiger partial charge is 0.00668 e. The molecular weight excluding hydrogens is 242 g/mol. The highest BCUT2D eigenvalue weighted by Crippen LogP contribution is 2.27. The van der Waals surface area contributed by atoms with Crippen LogP contribution in [0.2, 0.25) is 0 Å². The summed E-state index contributed by atoms with van der Waals surface area (Å²) in [5, 5.41) is 3.56. The zero-order valence-corrected chi connectivity index (χ0v) is 13.1. The minimum Gasteiger partial charge on any atom is -0.317 e. The van der Waals surface area contributed by atoms with Crippen molar-refractivity contribution in [3.63, 3.8) is 0 Å². The Bertz CT molecular complexity index is 338. The van der Waals surface area contributed by atoms with Crippen molar-refractivity contribution in [2.45, 2.75) is 70.3 Å². The summed E-state index contributed by atoms with van der Waals surface area (Å²) in [5.41, 5.74) is 1.48. The number of hydrogen-bond acceptors (Lipinski definition) is 1. The van der Waals surface area contributed by atoms with Crippen molar-refractivity contribution in [3.8, 4) is 0 Å². The number of aryl methyl sites for hydroxylation is 1. The number of nitrogens with one attached hydrogen (secondary N) is 1. The van der Waals surface area contributed by atoms with Gasteiger partial charge in [0, 0.05) is 6.04 Å². The summed E-state index contributed by atoms with van der Waals surface area (Å²) in [6, 6.07) is 11.6. The van der Waals surface area contributed by atoms with Gasteiger partial charge < -0.3 is 5.32 Å². The SMILES string of the molecule is CNC(CCCc1ccccc1)CC1CCCCCC1. The molecule has 1 fully saturated rings. The highest BCUT2D eigenvalue weighted by molar-refractivity contribution is 5.14. The molecule has 0 aliphatic heterocycles. The largest absolute Gasteiger partial charge is 0.317 e. The second-order valence-corrected chi connectivity index (χ2v) is 6.46. The van der Waals surface area contributed by atoms with E-state index in [1.165, 1.54) is 69.8 Å².